The molecule has 3 aliphatic rings. The highest BCUT2D eigenvalue weighted by molar-refractivity contribution is 7.86. The smallest absolute Gasteiger partial charge is 0.282 e. The van der Waals surface area contributed by atoms with Crippen LogP contribution in [-0.2, 0) is 14.9 Å². The van der Waals surface area contributed by atoms with Crippen molar-refractivity contribution in [2.24, 2.45) is 5.92 Å². The van der Waals surface area contributed by atoms with Crippen LogP contribution < -0.4 is 5.32 Å². The number of nitrogens with one attached hydrogen (secondary N) is 1. The molecule has 116 valence electrons. The maximum absolute atomic E-state index is 12.8. The molecule has 0 amide bonds. The third kappa shape index (κ3) is 2.87. The Morgan fingerprint density at radius 3 is 2.55 bits per heavy atom. The van der Waals surface area contributed by atoms with Gasteiger partial charge in [0.05, 0.1) is 13.2 Å². The first kappa shape index (κ1) is 14.7. The Bertz CT molecular complexity index is 417. The minimum absolute atomic E-state index is 0.190. The molecule has 6 nitrogen and oxygen atoms in total. The van der Waals surface area contributed by atoms with Crippen LogP contribution in [0.3, 0.4) is 0 Å². The third-order valence-electron chi connectivity index (χ3n) is 4.72. The summed E-state index contributed by atoms with van der Waals surface area (Å²) in [5.74, 6) is 0.474. The molecule has 2 atom stereocenters. The van der Waals surface area contributed by atoms with Crippen molar-refractivity contribution in [1.29, 1.82) is 0 Å². The Hall–Kier alpha value is -0.210. The first-order valence-electron chi connectivity index (χ1n) is 7.75. The number of nitrogens with zero attached hydrogens (tertiary/aromatic N) is 2. The molecule has 3 saturated heterocycles. The van der Waals surface area contributed by atoms with E-state index in [-0.39, 0.29) is 6.04 Å². The van der Waals surface area contributed by atoms with Crippen molar-refractivity contribution < 1.29 is 13.2 Å². The van der Waals surface area contributed by atoms with Gasteiger partial charge in [-0.15, -0.1) is 0 Å². The van der Waals surface area contributed by atoms with Crippen LogP contribution in [0.2, 0.25) is 0 Å². The largest absolute Gasteiger partial charge is 0.379 e. The molecule has 0 spiro atoms. The Kier molecular flexibility index (Phi) is 4.62. The lowest BCUT2D eigenvalue weighted by Crippen LogP contribution is -2.52. The Labute approximate surface area is 121 Å². The molecule has 0 saturated carbocycles. The van der Waals surface area contributed by atoms with E-state index in [2.05, 4.69) is 5.32 Å². The zero-order valence-electron chi connectivity index (χ0n) is 12.0. The van der Waals surface area contributed by atoms with E-state index in [4.69, 9.17) is 4.74 Å². The molecule has 0 radical (unpaired) electrons. The summed E-state index contributed by atoms with van der Waals surface area (Å²) in [5, 5.41) is 3.41. The lowest BCUT2D eigenvalue weighted by Gasteiger charge is -2.37. The minimum Gasteiger partial charge on any atom is -0.379 e. The lowest BCUT2D eigenvalue weighted by molar-refractivity contribution is 0.0690. The first-order chi connectivity index (χ1) is 9.69. The van der Waals surface area contributed by atoms with E-state index in [0.29, 0.717) is 38.8 Å². The monoisotopic (exact) mass is 303 g/mol. The SMILES string of the molecule is O=S(=O)(N1CCOCC1)N1CCCC1C1CCCNC1. The summed E-state index contributed by atoms with van der Waals surface area (Å²) in [5.41, 5.74) is 0. The molecule has 0 aromatic heterocycles. The summed E-state index contributed by atoms with van der Waals surface area (Å²) in [6.45, 7) is 4.73. The maximum atomic E-state index is 12.8. The van der Waals surface area contributed by atoms with E-state index in [0.717, 1.165) is 38.8 Å². The van der Waals surface area contributed by atoms with E-state index in [9.17, 15) is 8.42 Å². The molecule has 3 fully saturated rings. The van der Waals surface area contributed by atoms with Gasteiger partial charge in [-0.3, -0.25) is 0 Å². The van der Waals surface area contributed by atoms with Crippen LogP contribution in [-0.4, -0.2) is 69.0 Å². The van der Waals surface area contributed by atoms with E-state index >= 15 is 0 Å². The van der Waals surface area contributed by atoms with Crippen LogP contribution in [0.25, 0.3) is 0 Å². The third-order valence-corrected chi connectivity index (χ3v) is 6.78. The highest BCUT2D eigenvalue weighted by Crippen LogP contribution is 2.31. The summed E-state index contributed by atoms with van der Waals surface area (Å²) >= 11 is 0. The van der Waals surface area contributed by atoms with Crippen LogP contribution in [0.1, 0.15) is 25.7 Å². The minimum atomic E-state index is -3.30. The van der Waals surface area contributed by atoms with Gasteiger partial charge >= 0.3 is 0 Å². The molecular formula is C13H25N3O3S. The van der Waals surface area contributed by atoms with Crippen molar-refractivity contribution in [3.8, 4) is 0 Å². The van der Waals surface area contributed by atoms with Crippen molar-refractivity contribution in [3.63, 3.8) is 0 Å². The number of morpholine rings is 1. The van der Waals surface area contributed by atoms with Gasteiger partial charge in [0.15, 0.2) is 0 Å². The van der Waals surface area contributed by atoms with Gasteiger partial charge in [0, 0.05) is 25.7 Å². The van der Waals surface area contributed by atoms with Crippen molar-refractivity contribution >= 4 is 10.2 Å². The van der Waals surface area contributed by atoms with Gasteiger partial charge in [0.2, 0.25) is 0 Å². The molecule has 0 aliphatic carbocycles. The molecule has 20 heavy (non-hydrogen) atoms. The molecule has 0 aromatic carbocycles. The van der Waals surface area contributed by atoms with E-state index in [1.165, 1.54) is 0 Å². The lowest BCUT2D eigenvalue weighted by atomic mass is 9.91. The molecule has 3 rings (SSSR count). The predicted octanol–water partition coefficient (Wildman–Crippen LogP) is 0.0274. The maximum Gasteiger partial charge on any atom is 0.282 e. The van der Waals surface area contributed by atoms with Crippen LogP contribution >= 0.6 is 0 Å². The quantitative estimate of drug-likeness (QED) is 0.799. The predicted molar refractivity (Wildman–Crippen MR) is 76.6 cm³/mol. The average Bonchev–Trinajstić information content (AvgIpc) is 2.99. The zero-order chi connectivity index (χ0) is 14.0. The number of hydrogen-bond donors (Lipinski definition) is 1. The highest BCUT2D eigenvalue weighted by Gasteiger charge is 2.41. The van der Waals surface area contributed by atoms with Gasteiger partial charge in [-0.05, 0) is 44.7 Å². The molecule has 7 heteroatoms. The van der Waals surface area contributed by atoms with Crippen LogP contribution in [0.5, 0.6) is 0 Å². The summed E-state index contributed by atoms with van der Waals surface area (Å²) in [4.78, 5) is 0. The summed E-state index contributed by atoms with van der Waals surface area (Å²) in [6.07, 6.45) is 4.31. The number of piperidine rings is 1. The average molecular weight is 303 g/mol. The van der Waals surface area contributed by atoms with Crippen molar-refractivity contribution in [2.45, 2.75) is 31.7 Å². The first-order valence-corrected chi connectivity index (χ1v) is 9.14. The summed E-state index contributed by atoms with van der Waals surface area (Å²) < 4.78 is 34.3. The number of ether oxygens (including phenoxy) is 1. The molecule has 3 aliphatic heterocycles. The molecule has 0 bridgehead atoms. The van der Waals surface area contributed by atoms with Crippen molar-refractivity contribution in [2.75, 3.05) is 45.9 Å². The fourth-order valence-corrected chi connectivity index (χ4v) is 5.54. The molecular weight excluding hydrogens is 278 g/mol. The molecule has 3 heterocycles. The Morgan fingerprint density at radius 2 is 1.85 bits per heavy atom. The fraction of sp³-hybridized carbons (Fsp3) is 1.00. The van der Waals surface area contributed by atoms with Crippen LogP contribution in [0.15, 0.2) is 0 Å². The van der Waals surface area contributed by atoms with E-state index in [1.54, 1.807) is 8.61 Å². The van der Waals surface area contributed by atoms with Crippen molar-refractivity contribution in [3.05, 3.63) is 0 Å². The fourth-order valence-electron chi connectivity index (χ4n) is 3.66. The highest BCUT2D eigenvalue weighted by atomic mass is 32.2. The van der Waals surface area contributed by atoms with Crippen molar-refractivity contribution in [1.82, 2.24) is 13.9 Å². The topological polar surface area (TPSA) is 61.9 Å². The molecule has 2 unspecified atom stereocenters. The van der Waals surface area contributed by atoms with Gasteiger partial charge in [-0.2, -0.15) is 17.0 Å². The number of rotatable bonds is 3. The summed E-state index contributed by atoms with van der Waals surface area (Å²) in [6, 6.07) is 0.190. The van der Waals surface area contributed by atoms with Crippen LogP contribution in [0, 0.1) is 5.92 Å². The number of hydrogen-bond acceptors (Lipinski definition) is 4. The Morgan fingerprint density at radius 1 is 1.05 bits per heavy atom. The van der Waals surface area contributed by atoms with Crippen LogP contribution in [0.4, 0.5) is 0 Å². The van der Waals surface area contributed by atoms with Gasteiger partial charge in [-0.1, -0.05) is 0 Å². The summed E-state index contributed by atoms with van der Waals surface area (Å²) in [7, 11) is -3.30. The van der Waals surface area contributed by atoms with Gasteiger partial charge in [-0.25, -0.2) is 0 Å². The molecule has 0 aromatic rings. The van der Waals surface area contributed by atoms with E-state index in [1.807, 2.05) is 0 Å². The standard InChI is InChI=1S/C13H25N3O3S/c17-20(18,15-7-9-19-10-8-15)16-6-2-4-13(16)12-3-1-5-14-11-12/h12-14H,1-11H2. The second-order valence-corrected chi connectivity index (χ2v) is 7.83. The Balaban J connectivity index is 1.73. The zero-order valence-corrected chi connectivity index (χ0v) is 12.8. The molecule has 1 N–H and O–H groups in total. The van der Waals surface area contributed by atoms with Gasteiger partial charge in [0.25, 0.3) is 10.2 Å². The second-order valence-electron chi connectivity index (χ2n) is 5.95. The van der Waals surface area contributed by atoms with E-state index < -0.39 is 10.2 Å². The van der Waals surface area contributed by atoms with Gasteiger partial charge < -0.3 is 10.1 Å². The normalized spacial score (nSPS) is 34.4. The van der Waals surface area contributed by atoms with Gasteiger partial charge in [0.1, 0.15) is 0 Å². The second kappa shape index (κ2) is 6.27.